The fraction of sp³-hybridized carbons (Fsp3) is 0.846. The van der Waals surface area contributed by atoms with E-state index in [-0.39, 0.29) is 21.7 Å². The van der Waals surface area contributed by atoms with E-state index < -0.39 is 17.2 Å². The second kappa shape index (κ2) is 53.0. The van der Waals surface area contributed by atoms with Crippen molar-refractivity contribution in [3.63, 3.8) is 0 Å². The van der Waals surface area contributed by atoms with Gasteiger partial charge in [-0.1, -0.05) is 377 Å². The molecule has 88 heavy (non-hydrogen) atoms. The van der Waals surface area contributed by atoms with Crippen LogP contribution in [0.25, 0.3) is 0 Å². The molecule has 1 unspecified atom stereocenters. The van der Waals surface area contributed by atoms with Crippen LogP contribution in [-0.4, -0.2) is 39.6 Å². The first-order chi connectivity index (χ1) is 41.9. The fourth-order valence-electron chi connectivity index (χ4n) is 14.8. The number of benzene rings is 2. The number of aryl methyl sites for hydroxylation is 2. The average molecular weight is 1280 g/mol. The zero-order valence-corrected chi connectivity index (χ0v) is 62.1. The van der Waals surface area contributed by atoms with Crippen LogP contribution in [0, 0.1) is 25.2 Å². The topological polar surface area (TPSA) is 162 Å². The molecule has 2 aromatic rings. The number of unbranched alkanes of at least 4 members (excludes halogenated alkanes) is 40. The van der Waals surface area contributed by atoms with Crippen LogP contribution in [0.5, 0.6) is 11.5 Å². The highest BCUT2D eigenvalue weighted by atomic mass is 31.2. The molecule has 0 saturated carbocycles. The van der Waals surface area contributed by atoms with E-state index in [9.17, 15) is 10.2 Å². The standard InChI is InChI=1S/C78H142O2.2H3O3P/c1-14-18-22-26-30-34-38-42-46-50-54-58-68(7)77(59-55-51-47-43-39-35-31-27-23-19-15-2,60-56-52-48-44-40-36-32-28-24-20-16-3)78(61-57-53-49-45-41-37-33-29-25-21-17-4,69-64-71(75(8,9)10)73(79)62-66(69)5)70-65-72(76(11,12)13)74(80)63-67(70)6;2*1-4(2)3/h62-65,68,79-80H,14-61H2,1-13H3;2*1-3H. The van der Waals surface area contributed by atoms with Crippen molar-refractivity contribution in [2.24, 2.45) is 11.3 Å². The molecule has 8 N–H and O–H groups in total. The summed E-state index contributed by atoms with van der Waals surface area (Å²) in [5.74, 6) is 1.42. The fourth-order valence-corrected chi connectivity index (χ4v) is 14.8. The summed E-state index contributed by atoms with van der Waals surface area (Å²) in [5.41, 5.74) is 6.90. The van der Waals surface area contributed by atoms with Gasteiger partial charge in [0.25, 0.3) is 0 Å². The van der Waals surface area contributed by atoms with Crippen molar-refractivity contribution in [3.05, 3.63) is 57.6 Å². The van der Waals surface area contributed by atoms with Crippen molar-refractivity contribution in [2.75, 3.05) is 0 Å². The van der Waals surface area contributed by atoms with E-state index in [0.717, 1.165) is 17.5 Å². The number of rotatable bonds is 52. The SMILES string of the molecule is CCCCCCCCCCCCCC(C)C(CCCCCCCCCCCCC)(CCCCCCCCCCCCC)C(CCCCCCCCCCCCC)(c1cc(C(C)(C)C)c(O)cc1C)c1cc(C(C)(C)C)c(O)cc1C.OP(O)O.OP(O)O. The Balaban J connectivity index is 0.00000887. The van der Waals surface area contributed by atoms with E-state index in [0.29, 0.717) is 17.4 Å². The molecule has 0 heterocycles. The van der Waals surface area contributed by atoms with Crippen LogP contribution in [-0.2, 0) is 16.2 Å². The number of hydrogen-bond donors (Lipinski definition) is 8. The van der Waals surface area contributed by atoms with E-state index >= 15 is 0 Å². The molecule has 518 valence electrons. The van der Waals surface area contributed by atoms with Crippen LogP contribution < -0.4 is 0 Å². The third-order valence-electron chi connectivity index (χ3n) is 19.9. The molecule has 0 aromatic heterocycles. The zero-order valence-electron chi connectivity index (χ0n) is 60.3. The van der Waals surface area contributed by atoms with Gasteiger partial charge in [-0.05, 0) is 101 Å². The van der Waals surface area contributed by atoms with E-state index in [4.69, 9.17) is 29.4 Å². The molecule has 10 heteroatoms. The summed E-state index contributed by atoms with van der Waals surface area (Å²) in [6.45, 7) is 30.7. The maximum atomic E-state index is 12.1. The Morgan fingerprint density at radius 3 is 0.739 bits per heavy atom. The second-order valence-electron chi connectivity index (χ2n) is 29.5. The van der Waals surface area contributed by atoms with Gasteiger partial charge in [-0.3, -0.25) is 0 Å². The highest BCUT2D eigenvalue weighted by molar-refractivity contribution is 7.38. The van der Waals surface area contributed by atoms with Crippen LogP contribution in [0.15, 0.2) is 24.3 Å². The van der Waals surface area contributed by atoms with Gasteiger partial charge >= 0.3 is 17.2 Å². The molecule has 8 nitrogen and oxygen atoms in total. The van der Waals surface area contributed by atoms with Gasteiger partial charge in [0.15, 0.2) is 0 Å². The highest BCUT2D eigenvalue weighted by Crippen LogP contribution is 2.63. The molecule has 0 aliphatic carbocycles. The number of phenols is 2. The normalized spacial score (nSPS) is 12.6. The summed E-state index contributed by atoms with van der Waals surface area (Å²) in [4.78, 5) is 43.4. The smallest absolute Gasteiger partial charge is 0.324 e. The first-order valence-corrected chi connectivity index (χ1v) is 39.8. The van der Waals surface area contributed by atoms with Gasteiger partial charge in [0.1, 0.15) is 11.5 Å². The maximum absolute atomic E-state index is 12.1. The van der Waals surface area contributed by atoms with E-state index in [1.165, 1.54) is 324 Å². The lowest BCUT2D eigenvalue weighted by Crippen LogP contribution is -2.52. The van der Waals surface area contributed by atoms with Gasteiger partial charge < -0.3 is 39.6 Å². The lowest BCUT2D eigenvalue weighted by atomic mass is 9.46. The Bertz CT molecular complexity index is 1820. The molecule has 0 radical (unpaired) electrons. The van der Waals surface area contributed by atoms with Gasteiger partial charge in [0.2, 0.25) is 0 Å². The van der Waals surface area contributed by atoms with Gasteiger partial charge in [-0.25, -0.2) is 0 Å². The van der Waals surface area contributed by atoms with Gasteiger partial charge in [-0.2, -0.15) is 0 Å². The van der Waals surface area contributed by atoms with E-state index in [1.54, 1.807) is 0 Å². The highest BCUT2D eigenvalue weighted by Gasteiger charge is 2.56. The van der Waals surface area contributed by atoms with E-state index in [1.807, 2.05) is 0 Å². The summed E-state index contributed by atoms with van der Waals surface area (Å²) in [6.07, 6.45) is 65.0. The minimum atomic E-state index is -2.62. The molecule has 0 fully saturated rings. The molecule has 2 aromatic carbocycles. The quantitative estimate of drug-likeness (QED) is 0.0240. The summed E-state index contributed by atoms with van der Waals surface area (Å²) in [5, 5.41) is 24.2. The number of hydrogen-bond acceptors (Lipinski definition) is 8. The molecular formula is C78H148O8P2. The average Bonchev–Trinajstić information content (AvgIpc) is 1.42. The second-order valence-corrected chi connectivity index (χ2v) is 30.6. The van der Waals surface area contributed by atoms with Crippen LogP contribution in [0.4, 0.5) is 0 Å². The van der Waals surface area contributed by atoms with Crippen molar-refractivity contribution in [1.82, 2.24) is 0 Å². The molecule has 0 aliphatic rings. The third-order valence-corrected chi connectivity index (χ3v) is 19.9. The number of phenolic OH excluding ortho intramolecular Hbond substituents is 2. The first-order valence-electron chi connectivity index (χ1n) is 37.4. The molecule has 1 atom stereocenters. The van der Waals surface area contributed by atoms with E-state index in [2.05, 4.69) is 114 Å². The predicted octanol–water partition coefficient (Wildman–Crippen LogP) is 25.4. The van der Waals surface area contributed by atoms with Gasteiger partial charge in [0, 0.05) is 5.41 Å². The monoisotopic (exact) mass is 1280 g/mol. The van der Waals surface area contributed by atoms with Crippen molar-refractivity contribution < 1.29 is 39.6 Å². The maximum Gasteiger partial charge on any atom is 0.324 e. The predicted molar refractivity (Wildman–Crippen MR) is 387 cm³/mol. The van der Waals surface area contributed by atoms with Crippen LogP contribution in [0.1, 0.15) is 418 Å². The van der Waals surface area contributed by atoms with Gasteiger partial charge in [-0.15, -0.1) is 0 Å². The number of aromatic hydroxyl groups is 2. The zero-order chi connectivity index (χ0) is 66.1. The minimum Gasteiger partial charge on any atom is -0.508 e. The van der Waals surface area contributed by atoms with Crippen LogP contribution >= 0.6 is 17.2 Å². The summed E-state index contributed by atoms with van der Waals surface area (Å²) < 4.78 is 0. The molecule has 0 amide bonds. The summed E-state index contributed by atoms with van der Waals surface area (Å²) >= 11 is 0. The first kappa shape index (κ1) is 86.7. The lowest BCUT2D eigenvalue weighted by molar-refractivity contribution is 0.0271. The molecule has 2 rings (SSSR count). The Kier molecular flexibility index (Phi) is 52.2. The summed E-state index contributed by atoms with van der Waals surface area (Å²) in [7, 11) is -5.24. The molecule has 0 spiro atoms. The van der Waals surface area contributed by atoms with Crippen LogP contribution in [0.3, 0.4) is 0 Å². The lowest BCUT2D eigenvalue weighted by Gasteiger charge is -2.57. The van der Waals surface area contributed by atoms with Crippen molar-refractivity contribution in [3.8, 4) is 11.5 Å². The van der Waals surface area contributed by atoms with Crippen molar-refractivity contribution in [2.45, 2.75) is 414 Å². The van der Waals surface area contributed by atoms with Crippen molar-refractivity contribution in [1.29, 1.82) is 0 Å². The van der Waals surface area contributed by atoms with Crippen molar-refractivity contribution >= 4 is 17.2 Å². The Hall–Kier alpha value is -1.34. The third kappa shape index (κ3) is 38.1. The minimum absolute atomic E-state index is 0.0176. The Morgan fingerprint density at radius 2 is 0.511 bits per heavy atom. The Labute approximate surface area is 548 Å². The molecule has 0 bridgehead atoms. The largest absolute Gasteiger partial charge is 0.508 e. The van der Waals surface area contributed by atoms with Crippen LogP contribution in [0.2, 0.25) is 0 Å². The summed E-state index contributed by atoms with van der Waals surface area (Å²) in [6, 6.07) is 9.51. The molecular weight excluding hydrogens is 1130 g/mol. The van der Waals surface area contributed by atoms with Gasteiger partial charge in [0.05, 0.1) is 0 Å². The Morgan fingerprint density at radius 1 is 0.307 bits per heavy atom. The molecule has 0 aliphatic heterocycles. The molecule has 0 saturated heterocycles.